The summed E-state index contributed by atoms with van der Waals surface area (Å²) in [5.74, 6) is 0. The highest BCUT2D eigenvalue weighted by molar-refractivity contribution is 5.31. The Bertz CT molecular complexity index is 953. The molecule has 0 atom stereocenters. The van der Waals surface area contributed by atoms with Gasteiger partial charge in [-0.2, -0.15) is 5.26 Å². The molecule has 1 aliphatic rings. The summed E-state index contributed by atoms with van der Waals surface area (Å²) >= 11 is 0. The maximum Gasteiger partial charge on any atom is 0.0991 e. The van der Waals surface area contributed by atoms with Gasteiger partial charge in [-0.1, -0.05) is 72.8 Å². The molecule has 3 heteroatoms. The molecule has 0 N–H and O–H groups in total. The van der Waals surface area contributed by atoms with E-state index in [1.165, 1.54) is 29.5 Å². The van der Waals surface area contributed by atoms with Crippen LogP contribution >= 0.6 is 0 Å². The highest BCUT2D eigenvalue weighted by atomic mass is 15.2. The molecular weight excluding hydrogens is 378 g/mol. The molecule has 0 aliphatic carbocycles. The number of hydrogen-bond acceptors (Lipinski definition) is 3. The van der Waals surface area contributed by atoms with Gasteiger partial charge < -0.3 is 0 Å². The molecule has 3 aromatic carbocycles. The zero-order chi connectivity index (χ0) is 21.3. The molecule has 0 unspecified atom stereocenters. The molecular formula is C28H31N3. The maximum atomic E-state index is 8.99. The third-order valence-electron chi connectivity index (χ3n) is 6.32. The van der Waals surface area contributed by atoms with Crippen molar-refractivity contribution in [2.45, 2.75) is 38.4 Å². The van der Waals surface area contributed by atoms with Gasteiger partial charge in [-0.25, -0.2) is 0 Å². The van der Waals surface area contributed by atoms with Gasteiger partial charge >= 0.3 is 0 Å². The Balaban J connectivity index is 1.35. The Morgan fingerprint density at radius 2 is 1.39 bits per heavy atom. The Morgan fingerprint density at radius 3 is 2.00 bits per heavy atom. The van der Waals surface area contributed by atoms with Gasteiger partial charge in [-0.3, -0.25) is 9.80 Å². The number of piperidine rings is 1. The van der Waals surface area contributed by atoms with Gasteiger partial charge in [0.2, 0.25) is 0 Å². The number of nitrogens with zero attached hydrogens (tertiary/aromatic N) is 3. The predicted octanol–water partition coefficient (Wildman–Crippen LogP) is 5.27. The third kappa shape index (κ3) is 6.28. The third-order valence-corrected chi connectivity index (χ3v) is 6.32. The van der Waals surface area contributed by atoms with Gasteiger partial charge in [0.25, 0.3) is 0 Å². The van der Waals surface area contributed by atoms with Crippen LogP contribution in [0.15, 0.2) is 84.9 Å². The topological polar surface area (TPSA) is 30.3 Å². The number of benzene rings is 3. The van der Waals surface area contributed by atoms with Gasteiger partial charge in [0.15, 0.2) is 0 Å². The van der Waals surface area contributed by atoms with E-state index < -0.39 is 0 Å². The highest BCUT2D eigenvalue weighted by Gasteiger charge is 2.24. The molecule has 0 radical (unpaired) electrons. The zero-order valence-electron chi connectivity index (χ0n) is 18.2. The van der Waals surface area contributed by atoms with E-state index in [2.05, 4.69) is 88.7 Å². The monoisotopic (exact) mass is 409 g/mol. The van der Waals surface area contributed by atoms with Gasteiger partial charge in [0.1, 0.15) is 0 Å². The van der Waals surface area contributed by atoms with Crippen molar-refractivity contribution in [3.63, 3.8) is 0 Å². The van der Waals surface area contributed by atoms with E-state index in [0.29, 0.717) is 6.04 Å². The van der Waals surface area contributed by atoms with E-state index in [1.54, 1.807) is 0 Å². The summed E-state index contributed by atoms with van der Waals surface area (Å²) in [4.78, 5) is 5.25. The van der Waals surface area contributed by atoms with Crippen LogP contribution < -0.4 is 0 Å². The molecule has 1 saturated heterocycles. The smallest absolute Gasteiger partial charge is 0.0991 e. The fourth-order valence-electron chi connectivity index (χ4n) is 4.51. The first-order valence-electron chi connectivity index (χ1n) is 11.3. The summed E-state index contributed by atoms with van der Waals surface area (Å²) in [5, 5.41) is 8.99. The van der Waals surface area contributed by atoms with Crippen molar-refractivity contribution in [2.75, 3.05) is 19.6 Å². The number of hydrogen-bond donors (Lipinski definition) is 0. The minimum Gasteiger partial charge on any atom is -0.299 e. The molecule has 1 heterocycles. The van der Waals surface area contributed by atoms with Crippen LogP contribution in [0.1, 0.15) is 35.1 Å². The Labute approximate surface area is 186 Å². The van der Waals surface area contributed by atoms with Crippen molar-refractivity contribution >= 4 is 0 Å². The van der Waals surface area contributed by atoms with Crippen molar-refractivity contribution in [3.8, 4) is 6.07 Å². The van der Waals surface area contributed by atoms with E-state index in [4.69, 9.17) is 5.26 Å². The first-order chi connectivity index (χ1) is 15.3. The van der Waals surface area contributed by atoms with Crippen molar-refractivity contribution < 1.29 is 0 Å². The minimum absolute atomic E-state index is 0.626. The molecule has 0 aromatic heterocycles. The van der Waals surface area contributed by atoms with Crippen LogP contribution in [-0.2, 0) is 19.5 Å². The minimum atomic E-state index is 0.626. The normalized spacial score (nSPS) is 15.1. The van der Waals surface area contributed by atoms with E-state index in [9.17, 15) is 0 Å². The number of nitriles is 1. The van der Waals surface area contributed by atoms with E-state index in [0.717, 1.165) is 44.7 Å². The van der Waals surface area contributed by atoms with Gasteiger partial charge in [-0.15, -0.1) is 0 Å². The summed E-state index contributed by atoms with van der Waals surface area (Å²) in [5.41, 5.74) is 4.84. The van der Waals surface area contributed by atoms with Gasteiger partial charge in [0.05, 0.1) is 11.6 Å². The molecule has 158 valence electrons. The SMILES string of the molecule is N#Cc1ccc(CN2CCC(N(CCc3ccccc3)Cc3ccccc3)CC2)cc1. The number of likely N-dealkylation sites (tertiary alicyclic amines) is 1. The molecule has 1 aliphatic heterocycles. The Kier molecular flexibility index (Phi) is 7.50. The molecule has 1 fully saturated rings. The van der Waals surface area contributed by atoms with Crippen LogP contribution in [0.5, 0.6) is 0 Å². The number of rotatable bonds is 8. The van der Waals surface area contributed by atoms with Crippen molar-refractivity contribution in [1.82, 2.24) is 9.80 Å². The van der Waals surface area contributed by atoms with Gasteiger partial charge in [-0.05, 0) is 61.2 Å². The highest BCUT2D eigenvalue weighted by Crippen LogP contribution is 2.21. The molecule has 4 rings (SSSR count). The Morgan fingerprint density at radius 1 is 0.774 bits per heavy atom. The lowest BCUT2D eigenvalue weighted by atomic mass is 10.0. The molecule has 3 aromatic rings. The van der Waals surface area contributed by atoms with Crippen LogP contribution in [0.3, 0.4) is 0 Å². The van der Waals surface area contributed by atoms with Crippen LogP contribution in [0, 0.1) is 11.3 Å². The molecule has 0 amide bonds. The molecule has 3 nitrogen and oxygen atoms in total. The second-order valence-electron chi connectivity index (χ2n) is 8.51. The van der Waals surface area contributed by atoms with E-state index >= 15 is 0 Å². The lowest BCUT2D eigenvalue weighted by Gasteiger charge is -2.39. The zero-order valence-corrected chi connectivity index (χ0v) is 18.2. The predicted molar refractivity (Wildman–Crippen MR) is 126 cm³/mol. The first-order valence-corrected chi connectivity index (χ1v) is 11.3. The van der Waals surface area contributed by atoms with Crippen molar-refractivity contribution in [3.05, 3.63) is 107 Å². The quantitative estimate of drug-likeness (QED) is 0.508. The van der Waals surface area contributed by atoms with Crippen LogP contribution in [0.25, 0.3) is 0 Å². The molecule has 31 heavy (non-hydrogen) atoms. The molecule has 0 bridgehead atoms. The standard InChI is InChI=1S/C28H31N3/c29-21-25-11-13-27(14-12-25)22-30-18-16-28(17-19-30)31(23-26-9-5-2-6-10-26)20-15-24-7-3-1-4-8-24/h1-14,28H,15-20,22-23H2. The molecule has 0 spiro atoms. The van der Waals surface area contributed by atoms with E-state index in [1.807, 2.05) is 12.1 Å². The summed E-state index contributed by atoms with van der Waals surface area (Å²) in [6.45, 7) is 5.34. The first kappa shape index (κ1) is 21.3. The van der Waals surface area contributed by atoms with Crippen LogP contribution in [0.2, 0.25) is 0 Å². The Hall–Kier alpha value is -2.93. The fourth-order valence-corrected chi connectivity index (χ4v) is 4.51. The van der Waals surface area contributed by atoms with Crippen molar-refractivity contribution in [2.24, 2.45) is 0 Å². The van der Waals surface area contributed by atoms with Crippen molar-refractivity contribution in [1.29, 1.82) is 5.26 Å². The van der Waals surface area contributed by atoms with Crippen LogP contribution in [-0.4, -0.2) is 35.5 Å². The van der Waals surface area contributed by atoms with Gasteiger partial charge in [0, 0.05) is 25.7 Å². The largest absolute Gasteiger partial charge is 0.299 e. The van der Waals surface area contributed by atoms with Crippen LogP contribution in [0.4, 0.5) is 0 Å². The summed E-state index contributed by atoms with van der Waals surface area (Å²) in [6.07, 6.45) is 3.51. The lowest BCUT2D eigenvalue weighted by molar-refractivity contribution is 0.0997. The maximum absolute atomic E-state index is 8.99. The molecule has 0 saturated carbocycles. The fraction of sp³-hybridized carbons (Fsp3) is 0.321. The second kappa shape index (κ2) is 10.9. The second-order valence-corrected chi connectivity index (χ2v) is 8.51. The average molecular weight is 410 g/mol. The average Bonchev–Trinajstić information content (AvgIpc) is 2.84. The van der Waals surface area contributed by atoms with E-state index in [-0.39, 0.29) is 0 Å². The summed E-state index contributed by atoms with van der Waals surface area (Å²) < 4.78 is 0. The summed E-state index contributed by atoms with van der Waals surface area (Å²) in [6, 6.07) is 32.6. The lowest BCUT2D eigenvalue weighted by Crippen LogP contribution is -2.45. The summed E-state index contributed by atoms with van der Waals surface area (Å²) in [7, 11) is 0.